The second kappa shape index (κ2) is 4.66. The summed E-state index contributed by atoms with van der Waals surface area (Å²) in [7, 11) is 0. The van der Waals surface area contributed by atoms with Crippen molar-refractivity contribution in [2.24, 2.45) is 5.92 Å². The number of aryl methyl sites for hydroxylation is 1. The van der Waals surface area contributed by atoms with Gasteiger partial charge in [0, 0.05) is 12.5 Å². The summed E-state index contributed by atoms with van der Waals surface area (Å²) < 4.78 is 5.41. The lowest BCUT2D eigenvalue weighted by molar-refractivity contribution is -0.146. The van der Waals surface area contributed by atoms with E-state index in [1.807, 2.05) is 31.2 Å². The minimum absolute atomic E-state index is 0.00699. The molecular weight excluding hydrogens is 204 g/mol. The van der Waals surface area contributed by atoms with Gasteiger partial charge in [0.1, 0.15) is 0 Å². The van der Waals surface area contributed by atoms with E-state index in [2.05, 4.69) is 0 Å². The molecule has 1 aromatic rings. The first-order valence-electron chi connectivity index (χ1n) is 5.56. The molecule has 1 N–H and O–H groups in total. The molecule has 2 rings (SSSR count). The van der Waals surface area contributed by atoms with Crippen LogP contribution in [0, 0.1) is 12.8 Å². The summed E-state index contributed by atoms with van der Waals surface area (Å²) in [6, 6.07) is 7.95. The molecule has 0 aromatic heterocycles. The molecule has 1 fully saturated rings. The van der Waals surface area contributed by atoms with E-state index in [-0.39, 0.29) is 11.8 Å². The van der Waals surface area contributed by atoms with Crippen molar-refractivity contribution in [3.63, 3.8) is 0 Å². The van der Waals surface area contributed by atoms with Crippen LogP contribution < -0.4 is 0 Å². The summed E-state index contributed by atoms with van der Waals surface area (Å²) >= 11 is 0. The summed E-state index contributed by atoms with van der Waals surface area (Å²) in [4.78, 5) is 11.2. The Kier molecular flexibility index (Phi) is 3.25. The molecular formula is C13H16O3. The van der Waals surface area contributed by atoms with Gasteiger partial charge in [0.2, 0.25) is 0 Å². The fourth-order valence-electron chi connectivity index (χ4n) is 2.34. The van der Waals surface area contributed by atoms with Gasteiger partial charge in [0.05, 0.1) is 12.5 Å². The Bertz CT molecular complexity index is 387. The van der Waals surface area contributed by atoms with Crippen molar-refractivity contribution in [1.29, 1.82) is 0 Å². The summed E-state index contributed by atoms with van der Waals surface area (Å²) in [5.41, 5.74) is 2.25. The van der Waals surface area contributed by atoms with Crippen LogP contribution in [0.1, 0.15) is 23.5 Å². The number of rotatable bonds is 2. The molecule has 1 saturated heterocycles. The Morgan fingerprint density at radius 1 is 1.44 bits per heavy atom. The van der Waals surface area contributed by atoms with E-state index in [0.717, 1.165) is 11.1 Å². The maximum atomic E-state index is 11.2. The van der Waals surface area contributed by atoms with Crippen molar-refractivity contribution < 1.29 is 14.6 Å². The van der Waals surface area contributed by atoms with Gasteiger partial charge < -0.3 is 9.84 Å². The lowest BCUT2D eigenvalue weighted by atomic mass is 9.81. The van der Waals surface area contributed by atoms with Gasteiger partial charge in [-0.15, -0.1) is 0 Å². The SMILES string of the molecule is Cc1ccccc1C1COCCC1C(=O)O. The van der Waals surface area contributed by atoms with Gasteiger partial charge in [-0.1, -0.05) is 24.3 Å². The van der Waals surface area contributed by atoms with Gasteiger partial charge in [0.15, 0.2) is 0 Å². The summed E-state index contributed by atoms with van der Waals surface area (Å²) in [5, 5.41) is 9.21. The average molecular weight is 220 g/mol. The zero-order valence-electron chi connectivity index (χ0n) is 9.35. The number of carboxylic acid groups (broad SMARTS) is 1. The van der Waals surface area contributed by atoms with E-state index < -0.39 is 5.97 Å². The minimum atomic E-state index is -0.712. The topological polar surface area (TPSA) is 46.5 Å². The highest BCUT2D eigenvalue weighted by atomic mass is 16.5. The summed E-state index contributed by atoms with van der Waals surface area (Å²) in [5.74, 6) is -1.03. The normalized spacial score (nSPS) is 25.3. The first-order chi connectivity index (χ1) is 7.70. The molecule has 2 unspecified atom stereocenters. The number of aliphatic carboxylic acids is 1. The monoisotopic (exact) mass is 220 g/mol. The van der Waals surface area contributed by atoms with Crippen LogP contribution in [0.15, 0.2) is 24.3 Å². The van der Waals surface area contributed by atoms with Crippen molar-refractivity contribution in [2.75, 3.05) is 13.2 Å². The third-order valence-corrected chi connectivity index (χ3v) is 3.26. The average Bonchev–Trinajstić information content (AvgIpc) is 2.29. The number of hydrogen-bond donors (Lipinski definition) is 1. The van der Waals surface area contributed by atoms with Gasteiger partial charge in [-0.3, -0.25) is 4.79 Å². The van der Waals surface area contributed by atoms with Crippen molar-refractivity contribution in [2.45, 2.75) is 19.3 Å². The molecule has 86 valence electrons. The molecule has 0 saturated carbocycles. The predicted molar refractivity (Wildman–Crippen MR) is 60.5 cm³/mol. The number of carbonyl (C=O) groups is 1. The second-order valence-corrected chi connectivity index (χ2v) is 4.27. The molecule has 0 aliphatic carbocycles. The van der Waals surface area contributed by atoms with Crippen molar-refractivity contribution in [1.82, 2.24) is 0 Å². The molecule has 2 atom stereocenters. The molecule has 0 radical (unpaired) electrons. The van der Waals surface area contributed by atoms with Crippen LogP contribution in [0.2, 0.25) is 0 Å². The van der Waals surface area contributed by atoms with E-state index >= 15 is 0 Å². The molecule has 16 heavy (non-hydrogen) atoms. The third-order valence-electron chi connectivity index (χ3n) is 3.26. The molecule has 3 nitrogen and oxygen atoms in total. The number of ether oxygens (including phenoxy) is 1. The zero-order valence-corrected chi connectivity index (χ0v) is 9.35. The van der Waals surface area contributed by atoms with Crippen LogP contribution in [-0.2, 0) is 9.53 Å². The Balaban J connectivity index is 2.30. The summed E-state index contributed by atoms with van der Waals surface area (Å²) in [6.07, 6.45) is 0.605. The smallest absolute Gasteiger partial charge is 0.307 e. The summed E-state index contributed by atoms with van der Waals surface area (Å²) in [6.45, 7) is 3.09. The van der Waals surface area contributed by atoms with Gasteiger partial charge in [-0.2, -0.15) is 0 Å². The molecule has 1 aromatic carbocycles. The Labute approximate surface area is 95.0 Å². The minimum Gasteiger partial charge on any atom is -0.481 e. The van der Waals surface area contributed by atoms with Gasteiger partial charge in [0.25, 0.3) is 0 Å². The Morgan fingerprint density at radius 3 is 2.88 bits per heavy atom. The molecule has 0 amide bonds. The Morgan fingerprint density at radius 2 is 2.19 bits per heavy atom. The van der Waals surface area contributed by atoms with E-state index in [0.29, 0.717) is 19.6 Å². The quantitative estimate of drug-likeness (QED) is 0.831. The highest BCUT2D eigenvalue weighted by Crippen LogP contribution is 2.33. The van der Waals surface area contributed by atoms with E-state index in [9.17, 15) is 9.90 Å². The van der Waals surface area contributed by atoms with Crippen molar-refractivity contribution >= 4 is 5.97 Å². The zero-order chi connectivity index (χ0) is 11.5. The van der Waals surface area contributed by atoms with Gasteiger partial charge >= 0.3 is 5.97 Å². The highest BCUT2D eigenvalue weighted by molar-refractivity contribution is 5.71. The third kappa shape index (κ3) is 2.09. The highest BCUT2D eigenvalue weighted by Gasteiger charge is 2.33. The molecule has 0 spiro atoms. The van der Waals surface area contributed by atoms with Crippen LogP contribution in [0.3, 0.4) is 0 Å². The fourth-order valence-corrected chi connectivity index (χ4v) is 2.34. The molecule has 0 bridgehead atoms. The molecule has 1 aliphatic rings. The Hall–Kier alpha value is -1.35. The van der Waals surface area contributed by atoms with Gasteiger partial charge in [-0.25, -0.2) is 0 Å². The number of carboxylic acids is 1. The molecule has 1 aliphatic heterocycles. The lowest BCUT2D eigenvalue weighted by Gasteiger charge is -2.29. The standard InChI is InChI=1S/C13H16O3/c1-9-4-2-3-5-10(9)12-8-16-7-6-11(12)13(14)15/h2-5,11-12H,6-8H2,1H3,(H,14,15). The fraction of sp³-hybridized carbons (Fsp3) is 0.462. The first kappa shape index (κ1) is 11.1. The first-order valence-corrected chi connectivity index (χ1v) is 5.56. The second-order valence-electron chi connectivity index (χ2n) is 4.27. The van der Waals surface area contributed by atoms with Crippen LogP contribution in [-0.4, -0.2) is 24.3 Å². The van der Waals surface area contributed by atoms with E-state index in [4.69, 9.17) is 4.74 Å². The van der Waals surface area contributed by atoms with Crippen molar-refractivity contribution in [3.8, 4) is 0 Å². The van der Waals surface area contributed by atoms with Crippen LogP contribution >= 0.6 is 0 Å². The number of hydrogen-bond acceptors (Lipinski definition) is 2. The van der Waals surface area contributed by atoms with E-state index in [1.165, 1.54) is 0 Å². The lowest BCUT2D eigenvalue weighted by Crippen LogP contribution is -2.31. The maximum Gasteiger partial charge on any atom is 0.307 e. The predicted octanol–water partition coefficient (Wildman–Crippen LogP) is 2.20. The maximum absolute atomic E-state index is 11.2. The van der Waals surface area contributed by atoms with Crippen LogP contribution in [0.5, 0.6) is 0 Å². The van der Waals surface area contributed by atoms with E-state index in [1.54, 1.807) is 0 Å². The molecule has 1 heterocycles. The van der Waals surface area contributed by atoms with Gasteiger partial charge in [-0.05, 0) is 24.5 Å². The van der Waals surface area contributed by atoms with Crippen molar-refractivity contribution in [3.05, 3.63) is 35.4 Å². The van der Waals surface area contributed by atoms with Crippen LogP contribution in [0.25, 0.3) is 0 Å². The number of benzene rings is 1. The largest absolute Gasteiger partial charge is 0.481 e. The van der Waals surface area contributed by atoms with Crippen LogP contribution in [0.4, 0.5) is 0 Å². The molecule has 3 heteroatoms.